The van der Waals surface area contributed by atoms with Gasteiger partial charge < -0.3 is 5.32 Å². The van der Waals surface area contributed by atoms with Crippen molar-refractivity contribution in [1.82, 2.24) is 25.0 Å². The third kappa shape index (κ3) is 4.54. The Kier molecular flexibility index (Phi) is 6.00. The summed E-state index contributed by atoms with van der Waals surface area (Å²) in [7, 11) is 1.86. The maximum absolute atomic E-state index is 13.7. The number of hydrogen-bond acceptors (Lipinski definition) is 4. The number of aromatic nitrogens is 5. The van der Waals surface area contributed by atoms with Crippen LogP contribution in [0.3, 0.4) is 0 Å². The number of amides is 1. The first-order valence-corrected chi connectivity index (χ1v) is 13.4. The van der Waals surface area contributed by atoms with E-state index in [4.69, 9.17) is 5.10 Å². The summed E-state index contributed by atoms with van der Waals surface area (Å²) in [6.07, 6.45) is 0.328. The fourth-order valence-corrected chi connectivity index (χ4v) is 5.46. The maximum atomic E-state index is 13.7. The molecular formula is C33H24F2N6O. The molecule has 0 saturated heterocycles. The van der Waals surface area contributed by atoms with E-state index in [0.29, 0.717) is 28.8 Å². The number of benzene rings is 4. The van der Waals surface area contributed by atoms with Crippen molar-refractivity contribution in [1.29, 1.82) is 0 Å². The first-order chi connectivity index (χ1) is 20.3. The van der Waals surface area contributed by atoms with Gasteiger partial charge in [0.05, 0.1) is 16.6 Å². The van der Waals surface area contributed by atoms with Crippen LogP contribution in [0.25, 0.3) is 44.0 Å². The Morgan fingerprint density at radius 2 is 1.69 bits per heavy atom. The van der Waals surface area contributed by atoms with Crippen molar-refractivity contribution in [2.45, 2.75) is 13.3 Å². The summed E-state index contributed by atoms with van der Waals surface area (Å²) in [6.45, 7) is 1.97. The van der Waals surface area contributed by atoms with Crippen LogP contribution >= 0.6 is 0 Å². The Balaban J connectivity index is 1.19. The Morgan fingerprint density at radius 1 is 0.881 bits per heavy atom. The number of rotatable bonds is 5. The van der Waals surface area contributed by atoms with E-state index in [-0.39, 0.29) is 5.91 Å². The molecule has 0 fully saturated rings. The van der Waals surface area contributed by atoms with E-state index in [2.05, 4.69) is 26.6 Å². The highest BCUT2D eigenvalue weighted by Gasteiger charge is 2.17. The number of carbonyl (C=O) groups is 1. The molecule has 0 aliphatic rings. The van der Waals surface area contributed by atoms with Crippen LogP contribution in [0.2, 0.25) is 0 Å². The molecule has 4 aromatic carbocycles. The van der Waals surface area contributed by atoms with E-state index >= 15 is 0 Å². The highest BCUT2D eigenvalue weighted by molar-refractivity contribution is 6.10. The van der Waals surface area contributed by atoms with Crippen LogP contribution in [0, 0.1) is 18.6 Å². The normalized spacial score (nSPS) is 11.5. The zero-order valence-corrected chi connectivity index (χ0v) is 22.7. The third-order valence-corrected chi connectivity index (χ3v) is 7.43. The van der Waals surface area contributed by atoms with Gasteiger partial charge >= 0.3 is 0 Å². The average Bonchev–Trinajstić information content (AvgIpc) is 3.51. The van der Waals surface area contributed by atoms with Crippen LogP contribution in [-0.2, 0) is 13.5 Å². The second-order valence-electron chi connectivity index (χ2n) is 10.4. The second kappa shape index (κ2) is 9.88. The zero-order chi connectivity index (χ0) is 29.0. The summed E-state index contributed by atoms with van der Waals surface area (Å²) in [6, 6.07) is 24.5. The fraction of sp³-hybridized carbons (Fsp3) is 0.0909. The van der Waals surface area contributed by atoms with E-state index in [9.17, 15) is 13.6 Å². The van der Waals surface area contributed by atoms with Gasteiger partial charge in [0.2, 0.25) is 0 Å². The van der Waals surface area contributed by atoms with Crippen LogP contribution in [0.1, 0.15) is 27.2 Å². The molecule has 2 N–H and O–H groups in total. The van der Waals surface area contributed by atoms with E-state index in [1.165, 1.54) is 12.1 Å². The molecule has 7 aromatic rings. The van der Waals surface area contributed by atoms with Crippen molar-refractivity contribution in [3.63, 3.8) is 0 Å². The summed E-state index contributed by atoms with van der Waals surface area (Å²) in [5, 5.41) is 17.6. The molecule has 0 bridgehead atoms. The van der Waals surface area contributed by atoms with Gasteiger partial charge in [-0.3, -0.25) is 19.6 Å². The molecule has 0 saturated carbocycles. The van der Waals surface area contributed by atoms with Crippen molar-refractivity contribution in [3.8, 4) is 11.3 Å². The van der Waals surface area contributed by atoms with Gasteiger partial charge in [-0.15, -0.1) is 0 Å². The van der Waals surface area contributed by atoms with Gasteiger partial charge in [0.25, 0.3) is 5.91 Å². The average molecular weight is 559 g/mol. The molecule has 0 spiro atoms. The number of nitrogens with zero attached hydrogens (tertiary/aromatic N) is 4. The van der Waals surface area contributed by atoms with Crippen LogP contribution in [0.15, 0.2) is 84.9 Å². The van der Waals surface area contributed by atoms with Crippen molar-refractivity contribution >= 4 is 44.4 Å². The molecule has 0 aliphatic heterocycles. The van der Waals surface area contributed by atoms with Gasteiger partial charge in [-0.2, -0.15) is 10.2 Å². The molecule has 3 heterocycles. The van der Waals surface area contributed by atoms with E-state index in [1.807, 2.05) is 68.6 Å². The molecule has 7 rings (SSSR count). The molecule has 0 atom stereocenters. The Morgan fingerprint density at radius 3 is 2.52 bits per heavy atom. The summed E-state index contributed by atoms with van der Waals surface area (Å²) < 4.78 is 29.1. The highest BCUT2D eigenvalue weighted by atomic mass is 19.1. The first-order valence-electron chi connectivity index (χ1n) is 13.4. The zero-order valence-electron chi connectivity index (χ0n) is 22.7. The third-order valence-electron chi connectivity index (χ3n) is 7.43. The number of halogens is 2. The number of aryl methyl sites for hydroxylation is 2. The minimum atomic E-state index is -0.621. The summed E-state index contributed by atoms with van der Waals surface area (Å²) in [4.78, 5) is 18.0. The molecule has 0 radical (unpaired) electrons. The summed E-state index contributed by atoms with van der Waals surface area (Å²) in [5.41, 5.74) is 6.98. The van der Waals surface area contributed by atoms with Gasteiger partial charge in [-0.25, -0.2) is 8.78 Å². The first kappa shape index (κ1) is 25.5. The van der Waals surface area contributed by atoms with Gasteiger partial charge in [0.1, 0.15) is 17.3 Å². The molecule has 0 unspecified atom stereocenters. The largest absolute Gasteiger partial charge is 0.305 e. The monoisotopic (exact) mass is 558 g/mol. The molecule has 42 heavy (non-hydrogen) atoms. The van der Waals surface area contributed by atoms with Crippen LogP contribution < -0.4 is 5.32 Å². The number of hydrogen-bond donors (Lipinski definition) is 2. The predicted molar refractivity (Wildman–Crippen MR) is 159 cm³/mol. The molecule has 0 aliphatic carbocycles. The standard InChI is InChI=1S/C33H24F2N6O/c1-18-6-9-24-25(4-3-5-28(24)36-18)31-26-10-8-21(16-30(26)41(2)40-31)33(42)37-32-27-15-19(7-11-29(27)38-39-32)12-20-13-22(34)17-23(35)14-20/h3-11,13-17H,12H2,1-2H3,(H2,37,38,39,42). The number of pyridine rings is 1. The summed E-state index contributed by atoms with van der Waals surface area (Å²) in [5.74, 6) is -1.20. The number of fused-ring (bicyclic) bond motifs is 3. The number of nitrogens with one attached hydrogen (secondary N) is 2. The lowest BCUT2D eigenvalue weighted by Gasteiger charge is -2.06. The number of anilines is 1. The van der Waals surface area contributed by atoms with Gasteiger partial charge in [-0.05, 0) is 79.1 Å². The molecule has 7 nitrogen and oxygen atoms in total. The van der Waals surface area contributed by atoms with Crippen molar-refractivity contribution < 1.29 is 13.6 Å². The lowest BCUT2D eigenvalue weighted by molar-refractivity contribution is 0.102. The number of H-pyrrole nitrogens is 1. The van der Waals surface area contributed by atoms with Crippen LogP contribution in [0.4, 0.5) is 14.6 Å². The highest BCUT2D eigenvalue weighted by Crippen LogP contribution is 2.33. The summed E-state index contributed by atoms with van der Waals surface area (Å²) >= 11 is 0. The Bertz CT molecular complexity index is 2160. The van der Waals surface area contributed by atoms with Gasteiger partial charge in [-0.1, -0.05) is 24.3 Å². The fourth-order valence-electron chi connectivity index (χ4n) is 5.46. The lowest BCUT2D eigenvalue weighted by atomic mass is 10.0. The quantitative estimate of drug-likeness (QED) is 0.236. The van der Waals surface area contributed by atoms with E-state index < -0.39 is 11.6 Å². The molecule has 1 amide bonds. The van der Waals surface area contributed by atoms with Crippen LogP contribution in [0.5, 0.6) is 0 Å². The maximum Gasteiger partial charge on any atom is 0.256 e. The molecule has 3 aromatic heterocycles. The predicted octanol–water partition coefficient (Wildman–Crippen LogP) is 7.09. The van der Waals surface area contributed by atoms with Crippen molar-refractivity contribution in [2.24, 2.45) is 7.05 Å². The Hall–Kier alpha value is -5.44. The molecule has 9 heteroatoms. The van der Waals surface area contributed by atoms with Gasteiger partial charge in [0.15, 0.2) is 5.82 Å². The topological polar surface area (TPSA) is 88.5 Å². The second-order valence-corrected chi connectivity index (χ2v) is 10.4. The van der Waals surface area contributed by atoms with E-state index in [0.717, 1.165) is 55.9 Å². The van der Waals surface area contributed by atoms with Crippen LogP contribution in [-0.4, -0.2) is 30.9 Å². The Labute approximate surface area is 238 Å². The molecular weight excluding hydrogens is 534 g/mol. The van der Waals surface area contributed by atoms with Crippen molar-refractivity contribution in [3.05, 3.63) is 119 Å². The minimum Gasteiger partial charge on any atom is -0.305 e. The smallest absolute Gasteiger partial charge is 0.256 e. The lowest BCUT2D eigenvalue weighted by Crippen LogP contribution is -2.12. The minimum absolute atomic E-state index is 0.324. The van der Waals surface area contributed by atoms with E-state index in [1.54, 1.807) is 10.7 Å². The van der Waals surface area contributed by atoms with Crippen molar-refractivity contribution in [2.75, 3.05) is 5.32 Å². The molecule has 206 valence electrons. The number of aromatic amines is 1. The SMILES string of the molecule is Cc1ccc2c(-c3nn(C)c4cc(C(=O)Nc5n[nH]c6ccc(Cc7cc(F)cc(F)c7)cc56)ccc34)cccc2n1. The van der Waals surface area contributed by atoms with Gasteiger partial charge in [0, 0.05) is 46.1 Å². The number of carbonyl (C=O) groups excluding carboxylic acids is 1.